The van der Waals surface area contributed by atoms with E-state index in [0.717, 1.165) is 4.68 Å². The first-order valence-electron chi connectivity index (χ1n) is 10.1. The number of hydrogen-bond donors (Lipinski definition) is 1. The summed E-state index contributed by atoms with van der Waals surface area (Å²) in [6, 6.07) is 11.8. The van der Waals surface area contributed by atoms with Gasteiger partial charge in [-0.25, -0.2) is 27.9 Å². The van der Waals surface area contributed by atoms with Crippen molar-refractivity contribution in [3.63, 3.8) is 0 Å². The van der Waals surface area contributed by atoms with E-state index in [1.165, 1.54) is 36.4 Å². The molecule has 2 aromatic carbocycles. The topological polar surface area (TPSA) is 90.8 Å². The molecule has 0 aliphatic heterocycles. The minimum atomic E-state index is -5.00. The molecule has 8 nitrogen and oxygen atoms in total. The minimum absolute atomic E-state index is 0.112. The fourth-order valence-electron chi connectivity index (χ4n) is 3.31. The van der Waals surface area contributed by atoms with E-state index >= 15 is 0 Å². The summed E-state index contributed by atoms with van der Waals surface area (Å²) in [6.07, 6.45) is -10.9. The number of benzene rings is 2. The van der Waals surface area contributed by atoms with Gasteiger partial charge in [0, 0.05) is 10.6 Å². The second kappa shape index (κ2) is 9.99. The van der Waals surface area contributed by atoms with E-state index < -0.39 is 43.3 Å². The van der Waals surface area contributed by atoms with Crippen molar-refractivity contribution in [3.8, 4) is 17.1 Å². The average Bonchev–Trinajstić information content (AvgIpc) is 3.36. The normalized spacial score (nSPS) is 12.9. The van der Waals surface area contributed by atoms with Gasteiger partial charge in [0.15, 0.2) is 23.6 Å². The summed E-state index contributed by atoms with van der Waals surface area (Å²) in [5.41, 5.74) is -0.704. The largest absolute Gasteiger partial charge is 0.416 e. The Labute approximate surface area is 209 Å². The lowest BCUT2D eigenvalue weighted by atomic mass is 10.2. The molecule has 36 heavy (non-hydrogen) atoms. The zero-order valence-corrected chi connectivity index (χ0v) is 19.4. The maximum Gasteiger partial charge on any atom is 0.416 e. The summed E-state index contributed by atoms with van der Waals surface area (Å²) in [4.78, 5) is 16.7. The van der Waals surface area contributed by atoms with Gasteiger partial charge in [0.05, 0.1) is 17.3 Å². The summed E-state index contributed by atoms with van der Waals surface area (Å²) in [5.74, 6) is -1.23. The first-order chi connectivity index (χ1) is 17.0. The van der Waals surface area contributed by atoms with Crippen molar-refractivity contribution >= 4 is 23.2 Å². The molecule has 15 heteroatoms. The third-order valence-electron chi connectivity index (χ3n) is 5.00. The standard InChI is InChI=1S/C21H15Cl2F5N6O2/c22-12-7-5-11(6-8-12)18-31-33(20(36)32(18)9-15(35)21(26,27)28)10-16-29-19(17(24)25)34(30-16)14-4-2-1-3-13(14)23/h1-8,15,17,35H,9-10H2. The molecule has 4 rings (SSSR count). The SMILES string of the molecule is O=c1n(Cc2nc(C(F)F)n(-c3ccccc3Cl)n2)nc(-c2ccc(Cl)cc2)n1CC(O)C(F)(F)F. The highest BCUT2D eigenvalue weighted by molar-refractivity contribution is 6.32. The van der Waals surface area contributed by atoms with Gasteiger partial charge in [-0.2, -0.15) is 13.2 Å². The highest BCUT2D eigenvalue weighted by Gasteiger charge is 2.39. The van der Waals surface area contributed by atoms with Crippen molar-refractivity contribution in [3.05, 3.63) is 80.7 Å². The Kier molecular flexibility index (Phi) is 7.16. The van der Waals surface area contributed by atoms with Gasteiger partial charge in [-0.15, -0.1) is 10.2 Å². The fourth-order valence-corrected chi connectivity index (χ4v) is 3.65. The molecule has 2 heterocycles. The minimum Gasteiger partial charge on any atom is -0.382 e. The van der Waals surface area contributed by atoms with E-state index in [2.05, 4.69) is 15.2 Å². The molecule has 0 aliphatic rings. The summed E-state index contributed by atoms with van der Waals surface area (Å²) >= 11 is 11.9. The molecule has 0 fully saturated rings. The van der Waals surface area contributed by atoms with Gasteiger partial charge < -0.3 is 5.11 Å². The maximum absolute atomic E-state index is 13.7. The van der Waals surface area contributed by atoms with Crippen molar-refractivity contribution in [1.82, 2.24) is 29.1 Å². The van der Waals surface area contributed by atoms with Gasteiger partial charge in [0.1, 0.15) is 6.54 Å². The predicted octanol–water partition coefficient (Wildman–Crippen LogP) is 4.51. The van der Waals surface area contributed by atoms with Crippen LogP contribution in [-0.2, 0) is 13.1 Å². The Morgan fingerprint density at radius 1 is 1.00 bits per heavy atom. The van der Waals surface area contributed by atoms with E-state index in [-0.39, 0.29) is 27.9 Å². The lowest BCUT2D eigenvalue weighted by Crippen LogP contribution is -2.37. The zero-order chi connectivity index (χ0) is 26.2. The Bertz CT molecular complexity index is 1430. The number of para-hydroxylation sites is 1. The van der Waals surface area contributed by atoms with Gasteiger partial charge in [0.25, 0.3) is 6.43 Å². The summed E-state index contributed by atoms with van der Waals surface area (Å²) in [5, 5.41) is 18.1. The van der Waals surface area contributed by atoms with Crippen molar-refractivity contribution in [2.45, 2.75) is 31.8 Å². The van der Waals surface area contributed by atoms with Crippen LogP contribution >= 0.6 is 23.2 Å². The monoisotopic (exact) mass is 548 g/mol. The Balaban J connectivity index is 1.78. The molecule has 2 aromatic heterocycles. The molecular formula is C21H15Cl2F5N6O2. The van der Waals surface area contributed by atoms with Crippen LogP contribution in [0.5, 0.6) is 0 Å². The first-order valence-corrected chi connectivity index (χ1v) is 10.9. The van der Waals surface area contributed by atoms with Gasteiger partial charge >= 0.3 is 11.9 Å². The van der Waals surface area contributed by atoms with Crippen molar-refractivity contribution in [1.29, 1.82) is 0 Å². The zero-order valence-electron chi connectivity index (χ0n) is 17.9. The van der Waals surface area contributed by atoms with Crippen LogP contribution in [0.25, 0.3) is 17.1 Å². The average molecular weight is 549 g/mol. The molecule has 4 aromatic rings. The molecule has 0 saturated heterocycles. The van der Waals surface area contributed by atoms with E-state index in [9.17, 15) is 31.9 Å². The van der Waals surface area contributed by atoms with Gasteiger partial charge in [0.2, 0.25) is 0 Å². The molecule has 190 valence electrons. The molecule has 1 N–H and O–H groups in total. The van der Waals surface area contributed by atoms with Crippen LogP contribution in [0.1, 0.15) is 18.1 Å². The molecule has 0 bridgehead atoms. The van der Waals surface area contributed by atoms with E-state index in [0.29, 0.717) is 14.3 Å². The number of hydrogen-bond acceptors (Lipinski definition) is 5. The Hall–Kier alpha value is -3.29. The number of alkyl halides is 5. The molecular weight excluding hydrogens is 534 g/mol. The number of rotatable bonds is 7. The first kappa shape index (κ1) is 25.8. The molecule has 0 aliphatic carbocycles. The van der Waals surface area contributed by atoms with Crippen LogP contribution in [-0.4, -0.2) is 46.5 Å². The number of aromatic nitrogens is 6. The van der Waals surface area contributed by atoms with Gasteiger partial charge in [-0.1, -0.05) is 35.3 Å². The van der Waals surface area contributed by atoms with Crippen LogP contribution in [0.3, 0.4) is 0 Å². The second-order valence-electron chi connectivity index (χ2n) is 7.49. The van der Waals surface area contributed by atoms with Crippen LogP contribution < -0.4 is 5.69 Å². The molecule has 0 radical (unpaired) electrons. The maximum atomic E-state index is 13.7. The lowest BCUT2D eigenvalue weighted by molar-refractivity contribution is -0.207. The third-order valence-corrected chi connectivity index (χ3v) is 5.57. The number of aliphatic hydroxyl groups excluding tert-OH is 1. The molecule has 0 amide bonds. The highest BCUT2D eigenvalue weighted by Crippen LogP contribution is 2.26. The number of aliphatic hydroxyl groups is 1. The molecule has 1 atom stereocenters. The third kappa shape index (κ3) is 5.27. The summed E-state index contributed by atoms with van der Waals surface area (Å²) in [7, 11) is 0. The predicted molar refractivity (Wildman–Crippen MR) is 119 cm³/mol. The number of halogens is 7. The Morgan fingerprint density at radius 3 is 2.28 bits per heavy atom. The van der Waals surface area contributed by atoms with Gasteiger partial charge in [-0.05, 0) is 36.4 Å². The molecule has 0 saturated carbocycles. The van der Waals surface area contributed by atoms with Crippen LogP contribution in [0.15, 0.2) is 53.3 Å². The van der Waals surface area contributed by atoms with Crippen LogP contribution in [0.2, 0.25) is 10.0 Å². The molecule has 0 spiro atoms. The van der Waals surface area contributed by atoms with E-state index in [4.69, 9.17) is 23.2 Å². The summed E-state index contributed by atoms with van der Waals surface area (Å²) in [6.45, 7) is -1.70. The Morgan fingerprint density at radius 2 is 1.67 bits per heavy atom. The van der Waals surface area contributed by atoms with Crippen LogP contribution in [0, 0.1) is 0 Å². The fraction of sp³-hybridized carbons (Fsp3) is 0.238. The number of nitrogens with zero attached hydrogens (tertiary/aromatic N) is 6. The summed E-state index contributed by atoms with van der Waals surface area (Å²) < 4.78 is 68.5. The van der Waals surface area contributed by atoms with Crippen molar-refractivity contribution in [2.75, 3.05) is 0 Å². The smallest absolute Gasteiger partial charge is 0.382 e. The van der Waals surface area contributed by atoms with E-state index in [1.54, 1.807) is 12.1 Å². The quantitative estimate of drug-likeness (QED) is 0.343. The lowest BCUT2D eigenvalue weighted by Gasteiger charge is -2.15. The van der Waals surface area contributed by atoms with Crippen molar-refractivity contribution < 1.29 is 27.1 Å². The van der Waals surface area contributed by atoms with Crippen molar-refractivity contribution in [2.24, 2.45) is 0 Å². The molecule has 1 unspecified atom stereocenters. The second-order valence-corrected chi connectivity index (χ2v) is 8.33. The van der Waals surface area contributed by atoms with Crippen LogP contribution in [0.4, 0.5) is 22.0 Å². The van der Waals surface area contributed by atoms with E-state index in [1.807, 2.05) is 0 Å². The van der Waals surface area contributed by atoms with Gasteiger partial charge in [-0.3, -0.25) is 4.57 Å². The highest BCUT2D eigenvalue weighted by atomic mass is 35.5.